The minimum Gasteiger partial charge on any atom is -0.493 e. The first kappa shape index (κ1) is 43.2. The molecule has 2 aliphatic carbocycles. The van der Waals surface area contributed by atoms with Crippen LogP contribution in [0.25, 0.3) is 0 Å². The van der Waals surface area contributed by atoms with Crippen LogP contribution in [-0.2, 0) is 49.4 Å². The minimum atomic E-state index is -3.38. The SMILES string of the molecule is COc1cc2c(c(CN3CCN(S(C)(=O)=O)CC3)c1OC)C1(CC2(C)C)CC(C)(C)c2cc3c(c(CN4CCN(S(C)(=O)=O)CC4)c21)Oc1c(C#N)c(C)c(C)c(C#N)c1O3. The summed E-state index contributed by atoms with van der Waals surface area (Å²) >= 11 is 0. The fourth-order valence-corrected chi connectivity index (χ4v) is 12.8. The lowest BCUT2D eigenvalue weighted by atomic mass is 9.70. The fraction of sp³-hybridized carbons (Fsp3) is 0.556. The monoisotopic (exact) mass is 872 g/mol. The van der Waals surface area contributed by atoms with E-state index < -0.39 is 25.5 Å². The largest absolute Gasteiger partial charge is 0.493 e. The van der Waals surface area contributed by atoms with Crippen LogP contribution in [-0.4, -0.2) is 114 Å². The van der Waals surface area contributed by atoms with Crippen molar-refractivity contribution in [2.24, 2.45) is 0 Å². The van der Waals surface area contributed by atoms with Crippen LogP contribution in [0.4, 0.5) is 0 Å². The lowest BCUT2D eigenvalue weighted by Crippen LogP contribution is -2.48. The molecule has 3 aromatic rings. The molecule has 16 heteroatoms. The molecule has 61 heavy (non-hydrogen) atoms. The van der Waals surface area contributed by atoms with E-state index in [1.54, 1.807) is 14.2 Å². The van der Waals surface area contributed by atoms with Gasteiger partial charge in [0.15, 0.2) is 34.5 Å². The molecular formula is C45H56N6O8S2. The summed E-state index contributed by atoms with van der Waals surface area (Å²) in [7, 11) is -3.38. The van der Waals surface area contributed by atoms with E-state index in [1.807, 2.05) is 13.8 Å². The highest BCUT2D eigenvalue weighted by molar-refractivity contribution is 7.88. The predicted molar refractivity (Wildman–Crippen MR) is 231 cm³/mol. The number of nitriles is 2. The molecule has 326 valence electrons. The molecule has 0 amide bonds. The van der Waals surface area contributed by atoms with E-state index in [-0.39, 0.29) is 22.3 Å². The van der Waals surface area contributed by atoms with Gasteiger partial charge >= 0.3 is 0 Å². The highest BCUT2D eigenvalue weighted by Gasteiger charge is 2.60. The fourth-order valence-electron chi connectivity index (χ4n) is 11.2. The minimum absolute atomic E-state index is 0.219. The molecule has 0 bridgehead atoms. The van der Waals surface area contributed by atoms with Gasteiger partial charge in [-0.3, -0.25) is 9.80 Å². The third-order valence-electron chi connectivity index (χ3n) is 14.0. The van der Waals surface area contributed by atoms with Crippen molar-refractivity contribution in [3.63, 3.8) is 0 Å². The molecule has 0 radical (unpaired) electrons. The summed E-state index contributed by atoms with van der Waals surface area (Å²) < 4.78 is 79.4. The first-order chi connectivity index (χ1) is 28.6. The molecule has 2 saturated heterocycles. The number of rotatable bonds is 8. The Bertz CT molecular complexity index is 2670. The van der Waals surface area contributed by atoms with Crippen molar-refractivity contribution >= 4 is 20.0 Å². The zero-order valence-electron chi connectivity index (χ0n) is 36.9. The molecule has 3 aromatic carbocycles. The Balaban J connectivity index is 1.37. The molecule has 0 aromatic heterocycles. The number of hydrogen-bond acceptors (Lipinski definition) is 12. The van der Waals surface area contributed by atoms with E-state index in [0.717, 1.165) is 40.7 Å². The Morgan fingerprint density at radius 2 is 1.10 bits per heavy atom. The summed E-state index contributed by atoms with van der Waals surface area (Å²) in [5.74, 6) is 2.70. The molecule has 3 aliphatic heterocycles. The highest BCUT2D eigenvalue weighted by Crippen LogP contribution is 2.68. The molecule has 3 heterocycles. The van der Waals surface area contributed by atoms with Gasteiger partial charge in [0.1, 0.15) is 23.3 Å². The zero-order valence-corrected chi connectivity index (χ0v) is 38.5. The van der Waals surface area contributed by atoms with Crippen LogP contribution >= 0.6 is 0 Å². The number of fused-ring (bicyclic) bond motifs is 6. The topological polar surface area (TPSA) is 166 Å². The van der Waals surface area contributed by atoms with Gasteiger partial charge in [0.05, 0.1) is 26.7 Å². The van der Waals surface area contributed by atoms with Gasteiger partial charge in [0.25, 0.3) is 0 Å². The quantitative estimate of drug-likeness (QED) is 0.210. The average molecular weight is 873 g/mol. The van der Waals surface area contributed by atoms with Crippen molar-refractivity contribution < 1.29 is 35.8 Å². The molecule has 2 fully saturated rings. The number of ether oxygens (including phenoxy) is 4. The number of hydrogen-bond donors (Lipinski definition) is 0. The molecule has 8 rings (SSSR count). The summed E-state index contributed by atoms with van der Waals surface area (Å²) in [6.45, 7) is 17.2. The van der Waals surface area contributed by atoms with Gasteiger partial charge in [-0.1, -0.05) is 27.7 Å². The number of nitrogens with zero attached hydrogens (tertiary/aromatic N) is 6. The second-order valence-electron chi connectivity index (χ2n) is 18.8. The molecule has 1 spiro atoms. The average Bonchev–Trinajstić information content (AvgIpc) is 3.56. The number of benzene rings is 3. The van der Waals surface area contributed by atoms with Crippen LogP contribution in [0.5, 0.6) is 34.5 Å². The third-order valence-corrected chi connectivity index (χ3v) is 16.6. The van der Waals surface area contributed by atoms with Gasteiger partial charge in [-0.15, -0.1) is 0 Å². The first-order valence-electron chi connectivity index (χ1n) is 20.8. The van der Waals surface area contributed by atoms with Crippen LogP contribution in [0, 0.1) is 36.5 Å². The van der Waals surface area contributed by atoms with Crippen LogP contribution in [0.2, 0.25) is 0 Å². The highest BCUT2D eigenvalue weighted by atomic mass is 32.2. The van der Waals surface area contributed by atoms with Crippen molar-refractivity contribution in [3.05, 3.63) is 67.8 Å². The second kappa shape index (κ2) is 14.9. The summed E-state index contributed by atoms with van der Waals surface area (Å²) in [6, 6.07) is 8.84. The van der Waals surface area contributed by atoms with E-state index in [2.05, 4.69) is 61.8 Å². The molecule has 0 N–H and O–H groups in total. The van der Waals surface area contributed by atoms with E-state index in [1.165, 1.54) is 26.7 Å². The Hall–Kier alpha value is -4.42. The van der Waals surface area contributed by atoms with E-state index in [9.17, 15) is 27.4 Å². The normalized spacial score (nSPS) is 22.3. The van der Waals surface area contributed by atoms with Gasteiger partial charge in [-0.2, -0.15) is 19.1 Å². The Morgan fingerprint density at radius 3 is 1.54 bits per heavy atom. The van der Waals surface area contributed by atoms with Crippen LogP contribution in [0.1, 0.15) is 96.2 Å². The van der Waals surface area contributed by atoms with Crippen LogP contribution in [0.15, 0.2) is 12.1 Å². The summed E-state index contributed by atoms with van der Waals surface area (Å²) in [5, 5.41) is 20.9. The van der Waals surface area contributed by atoms with Crippen molar-refractivity contribution in [2.75, 3.05) is 79.1 Å². The zero-order chi connectivity index (χ0) is 44.2. The van der Waals surface area contributed by atoms with Gasteiger partial charge in [0.2, 0.25) is 20.0 Å². The van der Waals surface area contributed by atoms with Crippen molar-refractivity contribution in [1.29, 1.82) is 10.5 Å². The van der Waals surface area contributed by atoms with Crippen molar-refractivity contribution in [2.45, 2.75) is 83.7 Å². The summed E-state index contributed by atoms with van der Waals surface area (Å²) in [5.41, 5.74) is 7.09. The van der Waals surface area contributed by atoms with Crippen LogP contribution in [0.3, 0.4) is 0 Å². The second-order valence-corrected chi connectivity index (χ2v) is 22.7. The maximum Gasteiger partial charge on any atom is 0.211 e. The van der Waals surface area contributed by atoms with E-state index >= 15 is 0 Å². The lowest BCUT2D eigenvalue weighted by Gasteiger charge is -2.38. The number of methoxy groups -OCH3 is 2. The molecule has 1 unspecified atom stereocenters. The molecular weight excluding hydrogens is 817 g/mol. The summed E-state index contributed by atoms with van der Waals surface area (Å²) in [6.07, 6.45) is 4.00. The lowest BCUT2D eigenvalue weighted by molar-refractivity contribution is 0.178. The van der Waals surface area contributed by atoms with E-state index in [0.29, 0.717) is 111 Å². The van der Waals surface area contributed by atoms with Gasteiger partial charge < -0.3 is 18.9 Å². The van der Waals surface area contributed by atoms with Crippen molar-refractivity contribution in [1.82, 2.24) is 18.4 Å². The van der Waals surface area contributed by atoms with Crippen molar-refractivity contribution in [3.8, 4) is 46.6 Å². The van der Waals surface area contributed by atoms with E-state index in [4.69, 9.17) is 18.9 Å². The molecule has 5 aliphatic rings. The predicted octanol–water partition coefficient (Wildman–Crippen LogP) is 5.77. The molecule has 1 atom stereocenters. The van der Waals surface area contributed by atoms with Gasteiger partial charge in [0, 0.05) is 82.0 Å². The van der Waals surface area contributed by atoms with Crippen LogP contribution < -0.4 is 18.9 Å². The molecule has 0 saturated carbocycles. The maximum atomic E-state index is 12.6. The Morgan fingerprint density at radius 1 is 0.656 bits per heavy atom. The Labute approximate surface area is 360 Å². The number of piperazine rings is 2. The standard InChI is InChI=1S/C45H56N6O8S2/c1-27-28(2)30(22-47)42-41(29(27)21-46)58-36-20-34-38(32(40(36)59-42)24-49-13-17-51(18-14-49)61(10,54)55)45(26-44(34,5)6)25-43(3,4)33-19-35(56-7)39(57-8)31(37(33)45)23-48-11-15-50(16-12-48)60(9,52)53/h19-20H,11-18,23-26H2,1-10H3. The maximum absolute atomic E-state index is 12.6. The Kier molecular flexibility index (Phi) is 10.5. The smallest absolute Gasteiger partial charge is 0.211 e. The van der Waals surface area contributed by atoms with Gasteiger partial charge in [-0.25, -0.2) is 16.8 Å². The third kappa shape index (κ3) is 6.94. The first-order valence-corrected chi connectivity index (χ1v) is 24.5. The van der Waals surface area contributed by atoms with Gasteiger partial charge in [-0.05, 0) is 83.0 Å². The summed E-state index contributed by atoms with van der Waals surface area (Å²) in [4.78, 5) is 4.56. The number of sulfonamides is 2. The molecule has 14 nitrogen and oxygen atoms in total.